The van der Waals surface area contributed by atoms with Crippen molar-refractivity contribution in [3.8, 4) is 11.5 Å². The van der Waals surface area contributed by atoms with E-state index in [0.717, 1.165) is 30.1 Å². The van der Waals surface area contributed by atoms with Crippen molar-refractivity contribution in [2.24, 2.45) is 0 Å². The number of benzene rings is 1. The van der Waals surface area contributed by atoms with Crippen LogP contribution in [-0.2, 0) is 11.9 Å². The number of halogens is 3. The van der Waals surface area contributed by atoms with E-state index in [0.29, 0.717) is 29.0 Å². The van der Waals surface area contributed by atoms with E-state index in [4.69, 9.17) is 10.2 Å². The Morgan fingerprint density at radius 2 is 1.92 bits per heavy atom. The zero-order valence-corrected chi connectivity index (χ0v) is 14.2. The number of rotatable bonds is 5. The highest BCUT2D eigenvalue weighted by atomic mass is 32.2. The second kappa shape index (κ2) is 6.35. The molecular formula is C16H14F3N5OS. The molecule has 3 aromatic rings. The second-order valence-corrected chi connectivity index (χ2v) is 6.89. The van der Waals surface area contributed by atoms with Gasteiger partial charge in [0.25, 0.3) is 0 Å². The van der Waals surface area contributed by atoms with Crippen molar-refractivity contribution >= 4 is 17.7 Å². The molecule has 0 aliphatic heterocycles. The van der Waals surface area contributed by atoms with Crippen molar-refractivity contribution in [3.05, 3.63) is 41.8 Å². The molecule has 0 amide bonds. The average Bonchev–Trinajstić information content (AvgIpc) is 3.20. The summed E-state index contributed by atoms with van der Waals surface area (Å²) in [5, 5.41) is 8.71. The van der Waals surface area contributed by atoms with Gasteiger partial charge in [-0.1, -0.05) is 11.8 Å². The zero-order chi connectivity index (χ0) is 18.3. The molecule has 0 radical (unpaired) electrons. The number of anilines is 1. The fourth-order valence-corrected chi connectivity index (χ4v) is 3.40. The third-order valence-electron chi connectivity index (χ3n) is 3.96. The van der Waals surface area contributed by atoms with Crippen LogP contribution in [0.15, 0.2) is 40.1 Å². The van der Waals surface area contributed by atoms with Gasteiger partial charge in [0.2, 0.25) is 11.8 Å². The molecule has 6 nitrogen and oxygen atoms in total. The summed E-state index contributed by atoms with van der Waals surface area (Å²) in [4.78, 5) is 4.33. The summed E-state index contributed by atoms with van der Waals surface area (Å²) in [5.74, 6) is 1.17. The molecule has 10 heteroatoms. The van der Waals surface area contributed by atoms with Gasteiger partial charge in [0.15, 0.2) is 5.16 Å². The van der Waals surface area contributed by atoms with Gasteiger partial charge in [0.1, 0.15) is 6.26 Å². The molecule has 1 aliphatic rings. The van der Waals surface area contributed by atoms with E-state index >= 15 is 0 Å². The molecule has 2 heterocycles. The number of alkyl halides is 3. The molecule has 0 bridgehead atoms. The number of aromatic nitrogens is 4. The predicted octanol–water partition coefficient (Wildman–Crippen LogP) is 4.16. The number of oxazole rings is 1. The van der Waals surface area contributed by atoms with Gasteiger partial charge in [-0.3, -0.25) is 4.57 Å². The van der Waals surface area contributed by atoms with Crippen LogP contribution in [0.25, 0.3) is 11.5 Å². The van der Waals surface area contributed by atoms with Crippen LogP contribution in [0.4, 0.5) is 19.1 Å². The molecule has 136 valence electrons. The quantitative estimate of drug-likeness (QED) is 0.668. The van der Waals surface area contributed by atoms with Gasteiger partial charge >= 0.3 is 6.18 Å². The maximum Gasteiger partial charge on any atom is 0.416 e. The van der Waals surface area contributed by atoms with Gasteiger partial charge in [0, 0.05) is 17.4 Å². The summed E-state index contributed by atoms with van der Waals surface area (Å²) in [6.07, 6.45) is -0.743. The smallest absolute Gasteiger partial charge is 0.416 e. The maximum absolute atomic E-state index is 12.6. The van der Waals surface area contributed by atoms with E-state index < -0.39 is 11.7 Å². The van der Waals surface area contributed by atoms with Crippen LogP contribution in [0.3, 0.4) is 0 Å². The van der Waals surface area contributed by atoms with E-state index in [9.17, 15) is 13.2 Å². The lowest BCUT2D eigenvalue weighted by Gasteiger charge is -2.06. The fourth-order valence-electron chi connectivity index (χ4n) is 2.51. The Morgan fingerprint density at radius 3 is 2.58 bits per heavy atom. The lowest BCUT2D eigenvalue weighted by molar-refractivity contribution is -0.137. The minimum atomic E-state index is -4.36. The molecule has 2 N–H and O–H groups in total. The maximum atomic E-state index is 12.6. The number of hydrogen-bond acceptors (Lipinski definition) is 6. The normalized spacial score (nSPS) is 14.7. The Kier molecular flexibility index (Phi) is 4.14. The van der Waals surface area contributed by atoms with Gasteiger partial charge in [0.05, 0.1) is 11.3 Å². The highest BCUT2D eigenvalue weighted by Crippen LogP contribution is 2.40. The Morgan fingerprint density at radius 1 is 1.19 bits per heavy atom. The monoisotopic (exact) mass is 381 g/mol. The summed E-state index contributed by atoms with van der Waals surface area (Å²) in [7, 11) is 0. The summed E-state index contributed by atoms with van der Waals surface area (Å²) in [6.45, 7) is 0. The number of nitrogens with two attached hydrogens (primary N) is 1. The van der Waals surface area contributed by atoms with Crippen molar-refractivity contribution in [2.75, 3.05) is 5.73 Å². The van der Waals surface area contributed by atoms with Crippen LogP contribution in [0.5, 0.6) is 0 Å². The number of thioether (sulfide) groups is 1. The summed E-state index contributed by atoms with van der Waals surface area (Å²) < 4.78 is 45.2. The highest BCUT2D eigenvalue weighted by molar-refractivity contribution is 7.98. The molecule has 0 spiro atoms. The highest BCUT2D eigenvalue weighted by Gasteiger charge is 2.30. The van der Waals surface area contributed by atoms with Crippen molar-refractivity contribution < 1.29 is 17.6 Å². The van der Waals surface area contributed by atoms with Gasteiger partial charge in [-0.15, -0.1) is 10.2 Å². The third-order valence-corrected chi connectivity index (χ3v) is 4.94. The number of hydrogen-bond donors (Lipinski definition) is 1. The van der Waals surface area contributed by atoms with E-state index in [1.807, 2.05) is 4.57 Å². The summed E-state index contributed by atoms with van der Waals surface area (Å²) in [5.41, 5.74) is 6.27. The van der Waals surface area contributed by atoms with E-state index in [1.54, 1.807) is 0 Å². The minimum absolute atomic E-state index is 0.275. The SMILES string of the molecule is Nc1nnc(SCc2coc(-c3ccc(C(F)(F)F)cc3)n2)n1C1CC1. The Bertz CT molecular complexity index is 915. The largest absolute Gasteiger partial charge is 0.444 e. The number of nitrogen functional groups attached to an aromatic ring is 1. The van der Waals surface area contributed by atoms with Gasteiger partial charge < -0.3 is 10.2 Å². The van der Waals surface area contributed by atoms with Gasteiger partial charge in [-0.25, -0.2) is 4.98 Å². The van der Waals surface area contributed by atoms with Crippen LogP contribution in [-0.4, -0.2) is 19.7 Å². The first-order chi connectivity index (χ1) is 12.4. The predicted molar refractivity (Wildman–Crippen MR) is 89.2 cm³/mol. The first-order valence-corrected chi connectivity index (χ1v) is 8.85. The summed E-state index contributed by atoms with van der Waals surface area (Å²) >= 11 is 1.44. The second-order valence-electron chi connectivity index (χ2n) is 5.95. The van der Waals surface area contributed by atoms with Crippen molar-refractivity contribution in [1.82, 2.24) is 19.7 Å². The molecule has 1 aromatic carbocycles. The lowest BCUT2D eigenvalue weighted by Crippen LogP contribution is -2.04. The van der Waals surface area contributed by atoms with Crippen LogP contribution < -0.4 is 5.73 Å². The lowest BCUT2D eigenvalue weighted by atomic mass is 10.1. The average molecular weight is 381 g/mol. The molecule has 4 rings (SSSR count). The molecule has 0 saturated heterocycles. The first kappa shape index (κ1) is 17.0. The Hall–Kier alpha value is -2.49. The molecule has 1 saturated carbocycles. The topological polar surface area (TPSA) is 82.8 Å². The van der Waals surface area contributed by atoms with Crippen molar-refractivity contribution in [2.45, 2.75) is 36.0 Å². The molecule has 1 aliphatic carbocycles. The van der Waals surface area contributed by atoms with E-state index in [2.05, 4.69) is 15.2 Å². The van der Waals surface area contributed by atoms with Crippen LogP contribution in [0.2, 0.25) is 0 Å². The molecule has 0 unspecified atom stereocenters. The van der Waals surface area contributed by atoms with Crippen molar-refractivity contribution in [1.29, 1.82) is 0 Å². The summed E-state index contributed by atoms with van der Waals surface area (Å²) in [6, 6.07) is 5.07. The first-order valence-electron chi connectivity index (χ1n) is 7.87. The zero-order valence-electron chi connectivity index (χ0n) is 13.4. The van der Waals surface area contributed by atoms with Crippen molar-refractivity contribution in [3.63, 3.8) is 0 Å². The Balaban J connectivity index is 1.45. The van der Waals surface area contributed by atoms with Crippen LogP contribution >= 0.6 is 11.8 Å². The minimum Gasteiger partial charge on any atom is -0.444 e. The van der Waals surface area contributed by atoms with Gasteiger partial charge in [-0.05, 0) is 37.1 Å². The molecule has 26 heavy (non-hydrogen) atoms. The standard InChI is InChI=1S/C16H14F3N5OS/c17-16(18,19)10-3-1-9(2-4-10)13-21-11(7-25-13)8-26-15-23-22-14(20)24(15)12-5-6-12/h1-4,7,12H,5-6,8H2,(H2,20,22). The van der Waals surface area contributed by atoms with E-state index in [-0.39, 0.29) is 5.89 Å². The van der Waals surface area contributed by atoms with Gasteiger partial charge in [-0.2, -0.15) is 13.2 Å². The Labute approximate surface area is 150 Å². The molecule has 1 fully saturated rings. The number of nitrogens with zero attached hydrogens (tertiary/aromatic N) is 4. The van der Waals surface area contributed by atoms with Crippen LogP contribution in [0.1, 0.15) is 30.1 Å². The molecule has 0 atom stereocenters. The van der Waals surface area contributed by atoms with Crippen LogP contribution in [0, 0.1) is 0 Å². The third kappa shape index (κ3) is 3.41. The van der Waals surface area contributed by atoms with E-state index in [1.165, 1.54) is 30.2 Å². The molecule has 2 aromatic heterocycles. The molecular weight excluding hydrogens is 367 g/mol. The fraction of sp³-hybridized carbons (Fsp3) is 0.312.